The van der Waals surface area contributed by atoms with Crippen LogP contribution in [0.2, 0.25) is 0 Å². The van der Waals surface area contributed by atoms with Gasteiger partial charge in [0.25, 0.3) is 0 Å². The molecule has 0 spiro atoms. The molecule has 2 aromatic carbocycles. The fourth-order valence-corrected chi connectivity index (χ4v) is 4.56. The molecule has 0 radical (unpaired) electrons. The van der Waals surface area contributed by atoms with Crippen molar-refractivity contribution in [3.05, 3.63) is 59.7 Å². The first-order valence-electron chi connectivity index (χ1n) is 9.23. The molecule has 1 saturated heterocycles. The standard InChI is InChI=1S/C20H20F3N3O3S/c21-20(22,23)17-2-1-3-19(14-17)30(27,28)26-10-8-25(9-11-26)12-13-29-18-6-4-16(15-24)5-7-18/h1-7,14H,8-13H2. The smallest absolute Gasteiger partial charge is 0.416 e. The van der Waals surface area contributed by atoms with E-state index in [0.29, 0.717) is 43.6 Å². The highest BCUT2D eigenvalue weighted by molar-refractivity contribution is 7.89. The van der Waals surface area contributed by atoms with E-state index in [4.69, 9.17) is 10.00 Å². The topological polar surface area (TPSA) is 73.6 Å². The summed E-state index contributed by atoms with van der Waals surface area (Å²) in [5.74, 6) is 0.639. The molecule has 0 saturated carbocycles. The molecule has 1 fully saturated rings. The van der Waals surface area contributed by atoms with Gasteiger partial charge >= 0.3 is 6.18 Å². The molecule has 10 heteroatoms. The van der Waals surface area contributed by atoms with E-state index in [2.05, 4.69) is 0 Å². The Labute approximate surface area is 173 Å². The molecule has 0 atom stereocenters. The number of sulfonamides is 1. The van der Waals surface area contributed by atoms with Gasteiger partial charge in [-0.15, -0.1) is 0 Å². The van der Waals surface area contributed by atoms with Crippen LogP contribution in [0.15, 0.2) is 53.4 Å². The predicted octanol–water partition coefficient (Wildman–Crippen LogP) is 2.96. The SMILES string of the molecule is N#Cc1ccc(OCCN2CCN(S(=O)(=O)c3cccc(C(F)(F)F)c3)CC2)cc1. The highest BCUT2D eigenvalue weighted by atomic mass is 32.2. The average Bonchev–Trinajstić information content (AvgIpc) is 2.74. The van der Waals surface area contributed by atoms with Crippen molar-refractivity contribution in [1.29, 1.82) is 5.26 Å². The Morgan fingerprint density at radius 1 is 1.03 bits per heavy atom. The number of benzene rings is 2. The molecule has 30 heavy (non-hydrogen) atoms. The summed E-state index contributed by atoms with van der Waals surface area (Å²) in [6.07, 6.45) is -4.60. The number of piperazine rings is 1. The van der Waals surface area contributed by atoms with Crippen LogP contribution in [-0.2, 0) is 16.2 Å². The Morgan fingerprint density at radius 3 is 2.30 bits per heavy atom. The van der Waals surface area contributed by atoms with Crippen LogP contribution in [0, 0.1) is 11.3 Å². The third kappa shape index (κ3) is 5.30. The van der Waals surface area contributed by atoms with Crippen LogP contribution in [0.1, 0.15) is 11.1 Å². The maximum absolute atomic E-state index is 12.9. The van der Waals surface area contributed by atoms with Gasteiger partial charge in [-0.05, 0) is 42.5 Å². The molecule has 1 aliphatic rings. The number of rotatable bonds is 6. The van der Waals surface area contributed by atoms with Gasteiger partial charge < -0.3 is 4.74 Å². The van der Waals surface area contributed by atoms with Gasteiger partial charge in [0.2, 0.25) is 10.0 Å². The van der Waals surface area contributed by atoms with Gasteiger partial charge in [0.05, 0.1) is 22.1 Å². The lowest BCUT2D eigenvalue weighted by molar-refractivity contribution is -0.137. The van der Waals surface area contributed by atoms with E-state index in [9.17, 15) is 21.6 Å². The maximum atomic E-state index is 12.9. The van der Waals surface area contributed by atoms with Crippen molar-refractivity contribution in [3.8, 4) is 11.8 Å². The lowest BCUT2D eigenvalue weighted by Gasteiger charge is -2.33. The zero-order valence-electron chi connectivity index (χ0n) is 16.0. The van der Waals surface area contributed by atoms with Crippen molar-refractivity contribution in [3.63, 3.8) is 0 Å². The van der Waals surface area contributed by atoms with Crippen LogP contribution in [0.5, 0.6) is 5.75 Å². The second kappa shape index (κ2) is 9.04. The summed E-state index contributed by atoms with van der Waals surface area (Å²) in [6, 6.07) is 12.6. The Bertz CT molecular complexity index is 1010. The van der Waals surface area contributed by atoms with Crippen LogP contribution in [0.4, 0.5) is 13.2 Å². The van der Waals surface area contributed by atoms with Crippen molar-refractivity contribution in [2.24, 2.45) is 0 Å². The first-order valence-corrected chi connectivity index (χ1v) is 10.7. The molecular weight excluding hydrogens is 419 g/mol. The van der Waals surface area contributed by atoms with Crippen LogP contribution < -0.4 is 4.74 Å². The van der Waals surface area contributed by atoms with E-state index in [-0.39, 0.29) is 18.0 Å². The molecule has 0 aromatic heterocycles. The fraction of sp³-hybridized carbons (Fsp3) is 0.350. The van der Waals surface area contributed by atoms with Gasteiger partial charge in [-0.25, -0.2) is 8.42 Å². The number of halogens is 3. The monoisotopic (exact) mass is 439 g/mol. The fourth-order valence-electron chi connectivity index (χ4n) is 3.09. The minimum absolute atomic E-state index is 0.190. The third-order valence-electron chi connectivity index (χ3n) is 4.79. The summed E-state index contributed by atoms with van der Waals surface area (Å²) >= 11 is 0. The predicted molar refractivity (Wildman–Crippen MR) is 103 cm³/mol. The van der Waals surface area contributed by atoms with E-state index in [1.54, 1.807) is 24.3 Å². The van der Waals surface area contributed by atoms with Gasteiger partial charge in [-0.3, -0.25) is 4.90 Å². The van der Waals surface area contributed by atoms with E-state index < -0.39 is 21.8 Å². The second-order valence-electron chi connectivity index (χ2n) is 6.76. The number of hydrogen-bond acceptors (Lipinski definition) is 5. The molecule has 0 aliphatic carbocycles. The highest BCUT2D eigenvalue weighted by Gasteiger charge is 2.33. The normalized spacial score (nSPS) is 16.2. The van der Waals surface area contributed by atoms with E-state index >= 15 is 0 Å². The van der Waals surface area contributed by atoms with Gasteiger partial charge in [-0.2, -0.15) is 22.7 Å². The Morgan fingerprint density at radius 2 is 1.70 bits per heavy atom. The minimum atomic E-state index is -4.60. The zero-order chi connectivity index (χ0) is 21.8. The molecule has 1 heterocycles. The average molecular weight is 439 g/mol. The first kappa shape index (κ1) is 22.1. The molecule has 1 aliphatic heterocycles. The molecule has 0 N–H and O–H groups in total. The molecule has 0 unspecified atom stereocenters. The van der Waals surface area contributed by atoms with Crippen molar-refractivity contribution < 1.29 is 26.3 Å². The quantitative estimate of drug-likeness (QED) is 0.692. The molecule has 0 amide bonds. The van der Waals surface area contributed by atoms with Gasteiger partial charge in [0.15, 0.2) is 0 Å². The van der Waals surface area contributed by atoms with Crippen LogP contribution in [0.25, 0.3) is 0 Å². The van der Waals surface area contributed by atoms with Crippen molar-refractivity contribution in [1.82, 2.24) is 9.21 Å². The Kier molecular flexibility index (Phi) is 6.65. The second-order valence-corrected chi connectivity index (χ2v) is 8.69. The third-order valence-corrected chi connectivity index (χ3v) is 6.68. The molecule has 6 nitrogen and oxygen atoms in total. The van der Waals surface area contributed by atoms with Crippen LogP contribution >= 0.6 is 0 Å². The van der Waals surface area contributed by atoms with Crippen LogP contribution in [-0.4, -0.2) is 57.0 Å². The lowest BCUT2D eigenvalue weighted by Crippen LogP contribution is -2.49. The van der Waals surface area contributed by atoms with Gasteiger partial charge in [-0.1, -0.05) is 6.07 Å². The molecular formula is C20H20F3N3O3S. The minimum Gasteiger partial charge on any atom is -0.492 e. The summed E-state index contributed by atoms with van der Waals surface area (Å²) in [5, 5.41) is 8.78. The largest absolute Gasteiger partial charge is 0.492 e. The summed E-state index contributed by atoms with van der Waals surface area (Å²) in [7, 11) is -3.99. The van der Waals surface area contributed by atoms with E-state index in [0.717, 1.165) is 12.1 Å². The zero-order valence-corrected chi connectivity index (χ0v) is 16.8. The molecule has 3 rings (SSSR count). The summed E-state index contributed by atoms with van der Waals surface area (Å²) in [6.45, 7) is 2.26. The number of hydrogen-bond donors (Lipinski definition) is 0. The Balaban J connectivity index is 1.52. The van der Waals surface area contributed by atoms with E-state index in [1.807, 2.05) is 11.0 Å². The van der Waals surface area contributed by atoms with Gasteiger partial charge in [0, 0.05) is 32.7 Å². The Hall–Kier alpha value is -2.61. The van der Waals surface area contributed by atoms with Crippen LogP contribution in [0.3, 0.4) is 0 Å². The van der Waals surface area contributed by atoms with Gasteiger partial charge in [0.1, 0.15) is 12.4 Å². The summed E-state index contributed by atoms with van der Waals surface area (Å²) in [4.78, 5) is 1.68. The number of nitrogens with zero attached hydrogens (tertiary/aromatic N) is 3. The van der Waals surface area contributed by atoms with Crippen molar-refractivity contribution in [2.75, 3.05) is 39.3 Å². The number of nitriles is 1. The summed E-state index contributed by atoms with van der Waals surface area (Å²) < 4.78 is 70.9. The number of ether oxygens (including phenoxy) is 1. The first-order chi connectivity index (χ1) is 14.2. The maximum Gasteiger partial charge on any atom is 0.416 e. The summed E-state index contributed by atoms with van der Waals surface area (Å²) in [5.41, 5.74) is -0.442. The lowest BCUT2D eigenvalue weighted by atomic mass is 10.2. The number of alkyl halides is 3. The molecule has 0 bridgehead atoms. The molecule has 160 valence electrons. The molecule has 2 aromatic rings. The van der Waals surface area contributed by atoms with Crippen molar-refractivity contribution >= 4 is 10.0 Å². The highest BCUT2D eigenvalue weighted by Crippen LogP contribution is 2.31. The van der Waals surface area contributed by atoms with Crippen molar-refractivity contribution in [2.45, 2.75) is 11.1 Å². The van der Waals surface area contributed by atoms with E-state index in [1.165, 1.54) is 10.4 Å².